The average Bonchev–Trinajstić information content (AvgIpc) is 3.02. The molecule has 8 heteroatoms. The molecular weight excluding hydrogens is 395 g/mol. The fraction of sp³-hybridized carbons (Fsp3) is 0.238. The number of phenolic OH excluding ortho intramolecular Hbond substituents is 1. The first-order valence-corrected chi connectivity index (χ1v) is 9.69. The van der Waals surface area contributed by atoms with Gasteiger partial charge in [-0.1, -0.05) is 12.1 Å². The van der Waals surface area contributed by atoms with E-state index in [4.69, 9.17) is 0 Å². The lowest BCUT2D eigenvalue weighted by Crippen LogP contribution is -2.11. The van der Waals surface area contributed by atoms with Crippen LogP contribution in [0.4, 0.5) is 9.39 Å². The number of Topliss-reactive ketones (excluding diaryl/α,β-unsaturated/α-hetero) is 1. The Balaban J connectivity index is 2.17. The van der Waals surface area contributed by atoms with Crippen LogP contribution in [0.5, 0.6) is 5.75 Å². The van der Waals surface area contributed by atoms with Crippen LogP contribution in [0.25, 0.3) is 10.1 Å². The van der Waals surface area contributed by atoms with E-state index in [1.165, 1.54) is 36.5 Å². The number of hydrogen-bond donors (Lipinski definition) is 3. The number of hydrogen-bond acceptors (Lipinski definition) is 6. The van der Waals surface area contributed by atoms with E-state index in [0.717, 1.165) is 5.56 Å². The quantitative estimate of drug-likeness (QED) is 0.497. The summed E-state index contributed by atoms with van der Waals surface area (Å²) >= 11 is 1.18. The maximum atomic E-state index is 13.1. The molecule has 1 aromatic heterocycles. The molecule has 0 aliphatic carbocycles. The van der Waals surface area contributed by atoms with Crippen molar-refractivity contribution in [2.75, 3.05) is 19.4 Å². The van der Waals surface area contributed by atoms with Gasteiger partial charge < -0.3 is 20.4 Å². The second-order valence-corrected chi connectivity index (χ2v) is 8.03. The van der Waals surface area contributed by atoms with E-state index in [0.29, 0.717) is 27.2 Å². The van der Waals surface area contributed by atoms with Crippen molar-refractivity contribution in [3.05, 3.63) is 58.4 Å². The summed E-state index contributed by atoms with van der Waals surface area (Å²) < 4.78 is 13.7. The van der Waals surface area contributed by atoms with Crippen LogP contribution in [0.3, 0.4) is 0 Å². The topological polar surface area (TPSA) is 89.9 Å². The van der Waals surface area contributed by atoms with Gasteiger partial charge >= 0.3 is 5.97 Å². The number of carboxylic acids is 1. The van der Waals surface area contributed by atoms with E-state index in [1.807, 2.05) is 19.0 Å². The maximum Gasteiger partial charge on any atom is 0.339 e. The van der Waals surface area contributed by atoms with Crippen LogP contribution in [0.2, 0.25) is 0 Å². The molecule has 2 aromatic carbocycles. The van der Waals surface area contributed by atoms with E-state index in [-0.39, 0.29) is 35.0 Å². The lowest BCUT2D eigenvalue weighted by atomic mass is 9.99. The van der Waals surface area contributed by atoms with Crippen molar-refractivity contribution in [1.82, 2.24) is 4.90 Å². The summed E-state index contributed by atoms with van der Waals surface area (Å²) in [4.78, 5) is 26.1. The van der Waals surface area contributed by atoms with Crippen molar-refractivity contribution in [2.45, 2.75) is 20.0 Å². The minimum Gasteiger partial charge on any atom is -0.508 e. The van der Waals surface area contributed by atoms with Crippen LogP contribution >= 0.6 is 11.3 Å². The lowest BCUT2D eigenvalue weighted by molar-refractivity contribution is 0.0700. The molecule has 0 unspecified atom stereocenters. The Labute approximate surface area is 171 Å². The van der Waals surface area contributed by atoms with Crippen molar-refractivity contribution < 1.29 is 24.2 Å². The number of carboxylic acid groups (broad SMARTS) is 1. The number of phenols is 1. The first-order valence-electron chi connectivity index (χ1n) is 8.87. The van der Waals surface area contributed by atoms with Crippen molar-refractivity contribution >= 4 is 38.2 Å². The number of carbonyl (C=O) groups excluding carboxylic acids is 1. The van der Waals surface area contributed by atoms with Crippen LogP contribution in [-0.2, 0) is 13.1 Å². The van der Waals surface area contributed by atoms with Crippen molar-refractivity contribution in [3.63, 3.8) is 0 Å². The van der Waals surface area contributed by atoms with Crippen LogP contribution in [-0.4, -0.2) is 41.0 Å². The normalized spacial score (nSPS) is 11.2. The highest BCUT2D eigenvalue weighted by Gasteiger charge is 2.26. The zero-order valence-electron chi connectivity index (χ0n) is 16.2. The molecule has 3 N–H and O–H groups in total. The predicted octanol–water partition coefficient (Wildman–Crippen LogP) is 4.32. The highest BCUT2D eigenvalue weighted by atomic mass is 32.1. The van der Waals surface area contributed by atoms with Gasteiger partial charge in [-0.15, -0.1) is 11.3 Å². The first-order chi connectivity index (χ1) is 13.7. The molecule has 29 heavy (non-hydrogen) atoms. The summed E-state index contributed by atoms with van der Waals surface area (Å²) in [6.07, 6.45) is 0. The van der Waals surface area contributed by atoms with Gasteiger partial charge in [0.15, 0.2) is 5.78 Å². The number of aromatic hydroxyl groups is 1. The molecule has 0 saturated heterocycles. The smallest absolute Gasteiger partial charge is 0.339 e. The Morgan fingerprint density at radius 3 is 2.41 bits per heavy atom. The summed E-state index contributed by atoms with van der Waals surface area (Å²) in [5.74, 6) is -1.88. The molecule has 1 heterocycles. The van der Waals surface area contributed by atoms with E-state index >= 15 is 0 Å². The van der Waals surface area contributed by atoms with Gasteiger partial charge in [0.05, 0.1) is 0 Å². The highest BCUT2D eigenvalue weighted by molar-refractivity contribution is 7.23. The van der Waals surface area contributed by atoms with Crippen molar-refractivity contribution in [3.8, 4) is 5.75 Å². The predicted molar refractivity (Wildman–Crippen MR) is 112 cm³/mol. The van der Waals surface area contributed by atoms with Crippen molar-refractivity contribution in [1.29, 1.82) is 0 Å². The van der Waals surface area contributed by atoms with E-state index < -0.39 is 5.97 Å². The highest BCUT2D eigenvalue weighted by Crippen LogP contribution is 2.43. The second-order valence-electron chi connectivity index (χ2n) is 7.01. The fourth-order valence-electron chi connectivity index (χ4n) is 3.17. The molecule has 0 amide bonds. The molecule has 0 saturated carbocycles. The number of ketones is 1. The molecule has 0 spiro atoms. The first kappa shape index (κ1) is 20.8. The molecule has 6 nitrogen and oxygen atoms in total. The Morgan fingerprint density at radius 1 is 1.21 bits per heavy atom. The zero-order chi connectivity index (χ0) is 21.3. The molecule has 0 bridgehead atoms. The molecule has 0 radical (unpaired) electrons. The van der Waals surface area contributed by atoms with Crippen LogP contribution < -0.4 is 5.32 Å². The van der Waals surface area contributed by atoms with Gasteiger partial charge in [0.2, 0.25) is 0 Å². The number of anilines is 1. The minimum atomic E-state index is -1.16. The van der Waals surface area contributed by atoms with Crippen LogP contribution in [0.15, 0.2) is 30.3 Å². The molecule has 0 aliphatic heterocycles. The van der Waals surface area contributed by atoms with Gasteiger partial charge in [-0.2, -0.15) is 0 Å². The Kier molecular flexibility index (Phi) is 5.86. The Morgan fingerprint density at radius 2 is 1.86 bits per heavy atom. The lowest BCUT2D eigenvalue weighted by Gasteiger charge is -2.14. The number of nitrogens with zero attached hydrogens (tertiary/aromatic N) is 1. The SMILES string of the molecule is CC(=O)c1cc(O)c(CN(C)C)c2sc(NCc3ccc(F)cc3)c(C(=O)O)c12. The standard InChI is InChI=1S/C21H21FN2O4S/c1-11(25)14-8-16(26)15(10-24(2)3)19-17(14)18(21(27)28)20(29-19)23-9-12-4-6-13(22)7-5-12/h4-8,23,26H,9-10H2,1-3H3,(H,27,28). The number of benzene rings is 2. The number of halogens is 1. The van der Waals surface area contributed by atoms with Gasteiger partial charge in [0, 0.05) is 34.3 Å². The Bertz CT molecular complexity index is 1090. The molecule has 3 rings (SSSR count). The van der Waals surface area contributed by atoms with Crippen molar-refractivity contribution in [2.24, 2.45) is 0 Å². The molecule has 0 atom stereocenters. The summed E-state index contributed by atoms with van der Waals surface area (Å²) in [5, 5.41) is 24.2. The van der Waals surface area contributed by atoms with Gasteiger partial charge in [0.1, 0.15) is 22.1 Å². The number of fused-ring (bicyclic) bond motifs is 1. The van der Waals surface area contributed by atoms with Crippen LogP contribution in [0, 0.1) is 5.82 Å². The molecule has 0 aliphatic rings. The van der Waals surface area contributed by atoms with E-state index in [1.54, 1.807) is 12.1 Å². The van der Waals surface area contributed by atoms with Gasteiger partial charge in [-0.25, -0.2) is 9.18 Å². The number of carbonyl (C=O) groups is 2. The zero-order valence-corrected chi connectivity index (χ0v) is 17.1. The molecule has 152 valence electrons. The second kappa shape index (κ2) is 8.18. The third kappa shape index (κ3) is 4.23. The fourth-order valence-corrected chi connectivity index (χ4v) is 4.42. The maximum absolute atomic E-state index is 13.1. The number of aromatic carboxylic acids is 1. The third-order valence-electron chi connectivity index (χ3n) is 4.48. The monoisotopic (exact) mass is 416 g/mol. The van der Waals surface area contributed by atoms with Gasteiger partial charge in [0.25, 0.3) is 0 Å². The van der Waals surface area contributed by atoms with E-state index in [9.17, 15) is 24.2 Å². The number of nitrogens with one attached hydrogen (secondary N) is 1. The average molecular weight is 416 g/mol. The third-order valence-corrected chi connectivity index (χ3v) is 5.68. The Hall–Kier alpha value is -2.97. The summed E-state index contributed by atoms with van der Waals surface area (Å²) in [6, 6.07) is 7.23. The largest absolute Gasteiger partial charge is 0.508 e. The molecule has 0 fully saturated rings. The number of thiophene rings is 1. The van der Waals surface area contributed by atoms with Gasteiger partial charge in [-0.05, 0) is 44.8 Å². The summed E-state index contributed by atoms with van der Waals surface area (Å²) in [5.41, 5.74) is 1.52. The minimum absolute atomic E-state index is 0.00248. The summed E-state index contributed by atoms with van der Waals surface area (Å²) in [6.45, 7) is 2.02. The van der Waals surface area contributed by atoms with Crippen LogP contribution in [0.1, 0.15) is 38.8 Å². The molecular formula is C21H21FN2O4S. The summed E-state index contributed by atoms with van der Waals surface area (Å²) in [7, 11) is 3.67. The molecule has 3 aromatic rings. The van der Waals surface area contributed by atoms with E-state index in [2.05, 4.69) is 5.32 Å². The number of rotatable bonds is 7. The van der Waals surface area contributed by atoms with Gasteiger partial charge in [-0.3, -0.25) is 4.79 Å².